The lowest BCUT2D eigenvalue weighted by Gasteiger charge is -2.31. The molecule has 12 heavy (non-hydrogen) atoms. The molecule has 0 saturated carbocycles. The quantitative estimate of drug-likeness (QED) is 0.574. The molecular weight excluding hydrogens is 216 g/mol. The van der Waals surface area contributed by atoms with Gasteiger partial charge in [-0.1, -0.05) is 27.6 Å². The first-order valence-electron chi connectivity index (χ1n) is 4.50. The molecule has 2 heteroatoms. The van der Waals surface area contributed by atoms with Gasteiger partial charge in [-0.05, 0) is 39.0 Å². The Labute approximate surface area is 83.0 Å². The van der Waals surface area contributed by atoms with Crippen molar-refractivity contribution in [2.24, 2.45) is 5.92 Å². The summed E-state index contributed by atoms with van der Waals surface area (Å²) in [4.78, 5) is 0. The number of aliphatic hydroxyl groups is 1. The average Bonchev–Trinajstić information content (AvgIpc) is 2.03. The van der Waals surface area contributed by atoms with Crippen LogP contribution < -0.4 is 0 Å². The Bertz CT molecular complexity index is 179. The summed E-state index contributed by atoms with van der Waals surface area (Å²) in [5.41, 5.74) is 0.976. The van der Waals surface area contributed by atoms with Gasteiger partial charge in [0.05, 0.1) is 5.60 Å². The van der Waals surface area contributed by atoms with Crippen LogP contribution in [0.4, 0.5) is 0 Å². The van der Waals surface area contributed by atoms with E-state index < -0.39 is 5.60 Å². The maximum Gasteiger partial charge on any atom is 0.0622 e. The number of alkyl halides is 1. The monoisotopic (exact) mass is 232 g/mol. The van der Waals surface area contributed by atoms with Crippen LogP contribution in [0.25, 0.3) is 0 Å². The summed E-state index contributed by atoms with van der Waals surface area (Å²) < 4.78 is 0. The van der Waals surface area contributed by atoms with E-state index >= 15 is 0 Å². The fourth-order valence-corrected chi connectivity index (χ4v) is 2.16. The summed E-state index contributed by atoms with van der Waals surface area (Å²) in [5.74, 6) is 0.445. The van der Waals surface area contributed by atoms with Gasteiger partial charge in [-0.2, -0.15) is 0 Å². The minimum atomic E-state index is -0.506. The van der Waals surface area contributed by atoms with Crippen LogP contribution in [-0.4, -0.2) is 16.0 Å². The molecule has 0 bridgehead atoms. The predicted octanol–water partition coefficient (Wildman–Crippen LogP) is 2.88. The smallest absolute Gasteiger partial charge is 0.0622 e. The molecule has 1 N–H and O–H groups in total. The lowest BCUT2D eigenvalue weighted by atomic mass is 9.80. The van der Waals surface area contributed by atoms with E-state index in [1.165, 1.54) is 5.57 Å². The molecule has 0 fully saturated rings. The molecule has 0 aromatic carbocycles. The molecule has 1 rings (SSSR count). The lowest BCUT2D eigenvalue weighted by Crippen LogP contribution is -2.31. The molecular formula is C10H17BrO. The van der Waals surface area contributed by atoms with Gasteiger partial charge in [0.1, 0.15) is 0 Å². The van der Waals surface area contributed by atoms with E-state index in [-0.39, 0.29) is 0 Å². The fourth-order valence-electron chi connectivity index (χ4n) is 1.65. The fraction of sp³-hybridized carbons (Fsp3) is 0.800. The third-order valence-corrected chi connectivity index (χ3v) is 3.40. The Morgan fingerprint density at radius 2 is 2.33 bits per heavy atom. The number of rotatable bonds is 2. The Hall–Kier alpha value is 0.180. The summed E-state index contributed by atoms with van der Waals surface area (Å²) >= 11 is 3.45. The van der Waals surface area contributed by atoms with Gasteiger partial charge < -0.3 is 5.11 Å². The topological polar surface area (TPSA) is 20.2 Å². The molecule has 0 spiro atoms. The van der Waals surface area contributed by atoms with E-state index in [0.29, 0.717) is 5.92 Å². The lowest BCUT2D eigenvalue weighted by molar-refractivity contribution is 0.0127. The summed E-state index contributed by atoms with van der Waals surface area (Å²) in [7, 11) is 0. The van der Waals surface area contributed by atoms with E-state index in [2.05, 4.69) is 22.0 Å². The second-order valence-electron chi connectivity index (χ2n) is 4.12. The zero-order chi connectivity index (χ0) is 9.19. The van der Waals surface area contributed by atoms with Gasteiger partial charge >= 0.3 is 0 Å². The second-order valence-corrected chi connectivity index (χ2v) is 4.68. The standard InChI is InChI=1S/C10H17BrO/c1-10(2,12)9-5-3-8(7-11)4-6-9/h3,9,12H,4-7H2,1-2H3. The Morgan fingerprint density at radius 1 is 1.67 bits per heavy atom. The molecule has 1 atom stereocenters. The number of allylic oxidation sites excluding steroid dienone is 2. The molecule has 1 nitrogen and oxygen atoms in total. The Balaban J connectivity index is 2.52. The largest absolute Gasteiger partial charge is 0.390 e. The third-order valence-electron chi connectivity index (χ3n) is 2.68. The van der Waals surface area contributed by atoms with Crippen LogP contribution in [0.15, 0.2) is 11.6 Å². The maximum absolute atomic E-state index is 9.76. The van der Waals surface area contributed by atoms with Crippen molar-refractivity contribution in [3.8, 4) is 0 Å². The van der Waals surface area contributed by atoms with Crippen LogP contribution >= 0.6 is 15.9 Å². The third kappa shape index (κ3) is 2.60. The molecule has 0 aromatic heterocycles. The average molecular weight is 233 g/mol. The van der Waals surface area contributed by atoms with Crippen molar-refractivity contribution in [1.82, 2.24) is 0 Å². The number of hydrogen-bond acceptors (Lipinski definition) is 1. The van der Waals surface area contributed by atoms with Crippen LogP contribution in [0.5, 0.6) is 0 Å². The maximum atomic E-state index is 9.76. The van der Waals surface area contributed by atoms with Crippen LogP contribution in [-0.2, 0) is 0 Å². The van der Waals surface area contributed by atoms with Gasteiger partial charge in [-0.25, -0.2) is 0 Å². The van der Waals surface area contributed by atoms with Gasteiger partial charge in [0.2, 0.25) is 0 Å². The van der Waals surface area contributed by atoms with Crippen molar-refractivity contribution in [2.45, 2.75) is 38.7 Å². The molecule has 70 valence electrons. The van der Waals surface area contributed by atoms with Crippen LogP contribution in [0.2, 0.25) is 0 Å². The van der Waals surface area contributed by atoms with E-state index in [1.54, 1.807) is 0 Å². The molecule has 0 amide bonds. The second kappa shape index (κ2) is 3.93. The van der Waals surface area contributed by atoms with Crippen LogP contribution in [0, 0.1) is 5.92 Å². The van der Waals surface area contributed by atoms with E-state index in [4.69, 9.17) is 0 Å². The minimum absolute atomic E-state index is 0.445. The van der Waals surface area contributed by atoms with Crippen LogP contribution in [0.3, 0.4) is 0 Å². The summed E-state index contributed by atoms with van der Waals surface area (Å²) in [5, 5.41) is 10.8. The minimum Gasteiger partial charge on any atom is -0.390 e. The first-order chi connectivity index (χ1) is 5.54. The van der Waals surface area contributed by atoms with Gasteiger partial charge in [0, 0.05) is 5.33 Å². The van der Waals surface area contributed by atoms with E-state index in [1.807, 2.05) is 13.8 Å². The summed E-state index contributed by atoms with van der Waals surface area (Å²) in [6.45, 7) is 3.81. The summed E-state index contributed by atoms with van der Waals surface area (Å²) in [6, 6.07) is 0. The van der Waals surface area contributed by atoms with Crippen molar-refractivity contribution in [3.63, 3.8) is 0 Å². The van der Waals surface area contributed by atoms with Gasteiger partial charge in [0.15, 0.2) is 0 Å². The normalized spacial score (nSPS) is 25.3. The van der Waals surface area contributed by atoms with Gasteiger partial charge in [-0.15, -0.1) is 0 Å². The highest BCUT2D eigenvalue weighted by atomic mass is 79.9. The molecule has 1 unspecified atom stereocenters. The van der Waals surface area contributed by atoms with Crippen molar-refractivity contribution in [1.29, 1.82) is 0 Å². The van der Waals surface area contributed by atoms with Crippen LogP contribution in [0.1, 0.15) is 33.1 Å². The highest BCUT2D eigenvalue weighted by molar-refractivity contribution is 9.09. The van der Waals surface area contributed by atoms with Gasteiger partial charge in [-0.3, -0.25) is 0 Å². The van der Waals surface area contributed by atoms with Gasteiger partial charge in [0.25, 0.3) is 0 Å². The first-order valence-corrected chi connectivity index (χ1v) is 5.62. The highest BCUT2D eigenvalue weighted by Gasteiger charge is 2.27. The predicted molar refractivity (Wildman–Crippen MR) is 55.5 cm³/mol. The Kier molecular flexibility index (Phi) is 3.36. The zero-order valence-corrected chi connectivity index (χ0v) is 9.39. The molecule has 0 aliphatic heterocycles. The van der Waals surface area contributed by atoms with Crippen molar-refractivity contribution >= 4 is 15.9 Å². The van der Waals surface area contributed by atoms with E-state index in [0.717, 1.165) is 24.6 Å². The first kappa shape index (κ1) is 10.3. The highest BCUT2D eigenvalue weighted by Crippen LogP contribution is 2.31. The van der Waals surface area contributed by atoms with Crippen molar-refractivity contribution in [2.75, 3.05) is 5.33 Å². The molecule has 1 aliphatic carbocycles. The SMILES string of the molecule is CC(C)(O)C1CC=C(CBr)CC1. The van der Waals surface area contributed by atoms with Crippen molar-refractivity contribution < 1.29 is 5.11 Å². The number of hydrogen-bond donors (Lipinski definition) is 1. The molecule has 0 radical (unpaired) electrons. The Morgan fingerprint density at radius 3 is 2.67 bits per heavy atom. The molecule has 0 saturated heterocycles. The zero-order valence-electron chi connectivity index (χ0n) is 7.81. The number of halogens is 1. The molecule has 0 aromatic rings. The molecule has 1 aliphatic rings. The van der Waals surface area contributed by atoms with E-state index in [9.17, 15) is 5.11 Å². The molecule has 0 heterocycles. The van der Waals surface area contributed by atoms with Crippen molar-refractivity contribution in [3.05, 3.63) is 11.6 Å². The summed E-state index contributed by atoms with van der Waals surface area (Å²) in [6.07, 6.45) is 5.56.